The minimum Gasteiger partial charge on any atom is -0.269 e. The van der Waals surface area contributed by atoms with Crippen LogP contribution in [0, 0.1) is 5.92 Å². The Balaban J connectivity index is 0.000000812. The van der Waals surface area contributed by atoms with Gasteiger partial charge in [-0.1, -0.05) is 150 Å². The van der Waals surface area contributed by atoms with Crippen molar-refractivity contribution >= 4 is 24.1 Å². The van der Waals surface area contributed by atoms with Crippen LogP contribution in [0.3, 0.4) is 0 Å². The molecule has 0 amide bonds. The summed E-state index contributed by atoms with van der Waals surface area (Å²) in [5, 5.41) is 2.39. The molecular weight excluding hydrogens is 518 g/mol. The van der Waals surface area contributed by atoms with E-state index in [-0.39, 0.29) is 0 Å². The van der Waals surface area contributed by atoms with Gasteiger partial charge in [0.15, 0.2) is 0 Å². The summed E-state index contributed by atoms with van der Waals surface area (Å²) in [7, 11) is 0. The third-order valence-electron chi connectivity index (χ3n) is 6.78. The van der Waals surface area contributed by atoms with Crippen LogP contribution in [0.2, 0.25) is 0 Å². The van der Waals surface area contributed by atoms with Gasteiger partial charge in [-0.2, -0.15) is 0 Å². The van der Waals surface area contributed by atoms with E-state index in [2.05, 4.69) is 99.6 Å². The SMILES string of the molecule is C/C=C\C.C=C/C=C(\C=C)C1=CC=C(Cc2ccc(/C(=C/C)C(C)C)cc2)CC1.CC.CC=N/C=c1/cccc/c1=C/C. The highest BCUT2D eigenvalue weighted by Crippen LogP contribution is 2.28. The summed E-state index contributed by atoms with van der Waals surface area (Å²) < 4.78 is 0. The van der Waals surface area contributed by atoms with Crippen LogP contribution < -0.4 is 10.4 Å². The number of hydrogen-bond donors (Lipinski definition) is 0. The van der Waals surface area contributed by atoms with E-state index in [4.69, 9.17) is 0 Å². The Labute approximate surface area is 264 Å². The molecular formula is C42H57N. The first-order valence-electron chi connectivity index (χ1n) is 15.7. The fourth-order valence-corrected chi connectivity index (χ4v) is 4.46. The highest BCUT2D eigenvalue weighted by atomic mass is 14.6. The molecule has 1 nitrogen and oxygen atoms in total. The van der Waals surface area contributed by atoms with Crippen LogP contribution in [0.1, 0.15) is 86.3 Å². The van der Waals surface area contributed by atoms with Crippen LogP contribution in [0.4, 0.5) is 0 Å². The van der Waals surface area contributed by atoms with Crippen LogP contribution >= 0.6 is 0 Å². The second-order valence-corrected chi connectivity index (χ2v) is 9.97. The zero-order valence-electron chi connectivity index (χ0n) is 28.5. The van der Waals surface area contributed by atoms with Crippen LogP contribution in [0.15, 0.2) is 132 Å². The largest absolute Gasteiger partial charge is 0.269 e. The Morgan fingerprint density at radius 3 is 1.91 bits per heavy atom. The van der Waals surface area contributed by atoms with Gasteiger partial charge in [0.1, 0.15) is 0 Å². The quantitative estimate of drug-likeness (QED) is 0.169. The average molecular weight is 576 g/mol. The van der Waals surface area contributed by atoms with Crippen LogP contribution in [0.25, 0.3) is 17.8 Å². The topological polar surface area (TPSA) is 12.4 Å². The van der Waals surface area contributed by atoms with Gasteiger partial charge in [0, 0.05) is 12.4 Å². The molecule has 0 fully saturated rings. The number of rotatable bonds is 8. The molecule has 0 atom stereocenters. The molecule has 0 heterocycles. The van der Waals surface area contributed by atoms with Crippen molar-refractivity contribution in [1.82, 2.24) is 0 Å². The summed E-state index contributed by atoms with van der Waals surface area (Å²) in [6.07, 6.45) is 25.5. The highest BCUT2D eigenvalue weighted by molar-refractivity contribution is 5.66. The molecule has 43 heavy (non-hydrogen) atoms. The molecule has 0 spiro atoms. The average Bonchev–Trinajstić information content (AvgIpc) is 3.05. The van der Waals surface area contributed by atoms with E-state index in [1.54, 1.807) is 6.21 Å². The van der Waals surface area contributed by atoms with Gasteiger partial charge in [-0.05, 0) is 98.1 Å². The maximum absolute atomic E-state index is 4.08. The summed E-state index contributed by atoms with van der Waals surface area (Å²) in [5.74, 6) is 0.558. The third kappa shape index (κ3) is 15.2. The lowest BCUT2D eigenvalue weighted by Crippen LogP contribution is -2.22. The summed E-state index contributed by atoms with van der Waals surface area (Å²) in [6.45, 7) is 26.2. The lowest BCUT2D eigenvalue weighted by atomic mass is 9.89. The summed E-state index contributed by atoms with van der Waals surface area (Å²) in [4.78, 5) is 4.08. The van der Waals surface area contributed by atoms with Crippen LogP contribution in [-0.2, 0) is 6.42 Å². The Morgan fingerprint density at radius 2 is 1.47 bits per heavy atom. The van der Waals surface area contributed by atoms with Crippen molar-refractivity contribution < 1.29 is 0 Å². The molecule has 0 radical (unpaired) electrons. The molecule has 0 N–H and O–H groups in total. The van der Waals surface area contributed by atoms with Gasteiger partial charge in [0.05, 0.1) is 0 Å². The van der Waals surface area contributed by atoms with Crippen molar-refractivity contribution in [3.05, 3.63) is 149 Å². The molecule has 1 aliphatic carbocycles. The minimum atomic E-state index is 0.558. The van der Waals surface area contributed by atoms with Gasteiger partial charge < -0.3 is 0 Å². The molecule has 0 saturated carbocycles. The summed E-state index contributed by atoms with van der Waals surface area (Å²) >= 11 is 0. The first-order valence-corrected chi connectivity index (χ1v) is 15.7. The molecule has 0 unspecified atom stereocenters. The Hall–Kier alpha value is -3.97. The molecule has 1 heteroatoms. The number of nitrogens with zero attached hydrogens (tertiary/aromatic N) is 1. The lowest BCUT2D eigenvalue weighted by molar-refractivity contribution is 0.853. The standard InChI is InChI=1S/C25H30.C11H13N.C4H8.C2H6/c1-6-9-22(7-2)23-14-10-20(11-15-23)18-21-12-16-24(17-13-21)25(8-3)19(4)5;1-3-10-7-5-6-8-11(10)9-12-4-2;1-3-4-2;1-2/h6-10,12-14,16-17,19H,1-2,11,15,18H2,3-5H3;3-9H,1-2H3;3-4H,1-2H3;1-2H3/b22-9+,25-8+;10-3-,11-9-,12-4?;4-3-;. The van der Waals surface area contributed by atoms with E-state index in [0.29, 0.717) is 5.92 Å². The molecule has 2 aromatic carbocycles. The maximum Gasteiger partial charge on any atom is 0.0342 e. The second-order valence-electron chi connectivity index (χ2n) is 9.97. The molecule has 1 aliphatic rings. The predicted molar refractivity (Wildman–Crippen MR) is 199 cm³/mol. The van der Waals surface area contributed by atoms with Gasteiger partial charge in [0.25, 0.3) is 0 Å². The Morgan fingerprint density at radius 1 is 0.837 bits per heavy atom. The van der Waals surface area contributed by atoms with E-state index < -0.39 is 0 Å². The van der Waals surface area contributed by atoms with Crippen molar-refractivity contribution in [3.63, 3.8) is 0 Å². The van der Waals surface area contributed by atoms with Gasteiger partial charge in [0.2, 0.25) is 0 Å². The Bertz CT molecular complexity index is 1380. The lowest BCUT2D eigenvalue weighted by Gasteiger charge is -2.16. The molecule has 0 saturated heterocycles. The fraction of sp³-hybridized carbons (Fsp3) is 0.310. The zero-order chi connectivity index (χ0) is 32.5. The molecule has 230 valence electrons. The van der Waals surface area contributed by atoms with Gasteiger partial charge in [-0.15, -0.1) is 0 Å². The van der Waals surface area contributed by atoms with E-state index in [9.17, 15) is 0 Å². The maximum atomic E-state index is 4.08. The zero-order valence-corrected chi connectivity index (χ0v) is 28.5. The van der Waals surface area contributed by atoms with Gasteiger partial charge >= 0.3 is 0 Å². The fourth-order valence-electron chi connectivity index (χ4n) is 4.46. The molecule has 2 aromatic rings. The first-order chi connectivity index (χ1) is 20.9. The molecule has 3 rings (SSSR count). The van der Waals surface area contributed by atoms with Crippen LogP contribution in [0.5, 0.6) is 0 Å². The number of aliphatic imine (C=N–C) groups is 1. The smallest absolute Gasteiger partial charge is 0.0342 e. The van der Waals surface area contributed by atoms with Crippen molar-refractivity contribution in [1.29, 1.82) is 0 Å². The first kappa shape index (κ1) is 39.0. The van der Waals surface area contributed by atoms with E-state index in [1.807, 2.05) is 90.3 Å². The van der Waals surface area contributed by atoms with Crippen molar-refractivity contribution in [3.8, 4) is 0 Å². The van der Waals surface area contributed by atoms with E-state index in [0.717, 1.165) is 24.5 Å². The number of allylic oxidation sites excluding steroid dienone is 12. The summed E-state index contributed by atoms with van der Waals surface area (Å²) in [5.41, 5.74) is 8.17. The minimum absolute atomic E-state index is 0.558. The molecule has 0 bridgehead atoms. The van der Waals surface area contributed by atoms with E-state index >= 15 is 0 Å². The summed E-state index contributed by atoms with van der Waals surface area (Å²) in [6, 6.07) is 17.3. The number of benzene rings is 2. The van der Waals surface area contributed by atoms with E-state index in [1.165, 1.54) is 38.6 Å². The van der Waals surface area contributed by atoms with Crippen LogP contribution in [-0.4, -0.2) is 6.21 Å². The van der Waals surface area contributed by atoms with Gasteiger partial charge in [-0.25, -0.2) is 0 Å². The molecule has 0 aliphatic heterocycles. The second kappa shape index (κ2) is 24.6. The number of hydrogen-bond acceptors (Lipinski definition) is 1. The normalized spacial score (nSPS) is 14.2. The van der Waals surface area contributed by atoms with Crippen molar-refractivity contribution in [2.45, 2.75) is 81.6 Å². The van der Waals surface area contributed by atoms with Crippen molar-refractivity contribution in [2.24, 2.45) is 10.9 Å². The monoisotopic (exact) mass is 575 g/mol. The van der Waals surface area contributed by atoms with Gasteiger partial charge in [-0.3, -0.25) is 4.99 Å². The van der Waals surface area contributed by atoms with Crippen molar-refractivity contribution in [2.75, 3.05) is 0 Å². The molecule has 0 aromatic heterocycles. The highest BCUT2D eigenvalue weighted by Gasteiger charge is 2.10. The Kier molecular flexibility index (Phi) is 22.3. The third-order valence-corrected chi connectivity index (χ3v) is 6.78. The predicted octanol–water partition coefficient (Wildman–Crippen LogP) is 11.2.